The highest BCUT2D eigenvalue weighted by molar-refractivity contribution is 8.00. The summed E-state index contributed by atoms with van der Waals surface area (Å²) in [5, 5.41) is -0.439. The Hall–Kier alpha value is -2.58. The highest BCUT2D eigenvalue weighted by Crippen LogP contribution is 2.40. The molecule has 0 aliphatic carbocycles. The van der Waals surface area contributed by atoms with Crippen LogP contribution in [0.1, 0.15) is 16.6 Å². The van der Waals surface area contributed by atoms with Crippen molar-refractivity contribution in [1.82, 2.24) is 8.87 Å². The van der Waals surface area contributed by atoms with Gasteiger partial charge in [0.25, 0.3) is 10.0 Å². The van der Waals surface area contributed by atoms with Crippen molar-refractivity contribution in [3.05, 3.63) is 90.0 Å². The number of rotatable bonds is 5. The first-order valence-corrected chi connectivity index (χ1v) is 11.1. The van der Waals surface area contributed by atoms with Crippen molar-refractivity contribution in [2.45, 2.75) is 16.8 Å². The number of benzene rings is 2. The van der Waals surface area contributed by atoms with Crippen LogP contribution < -0.4 is 0 Å². The van der Waals surface area contributed by atoms with Gasteiger partial charge in [-0.15, -0.1) is 11.8 Å². The van der Waals surface area contributed by atoms with E-state index >= 15 is 0 Å². The summed E-state index contributed by atoms with van der Waals surface area (Å²) < 4.78 is 40.5. The van der Waals surface area contributed by atoms with E-state index in [2.05, 4.69) is 0 Å². The average Bonchev–Trinajstić information content (AvgIpc) is 3.32. The second-order valence-corrected chi connectivity index (χ2v) is 9.24. The number of halogens is 1. The second kappa shape index (κ2) is 7.44. The molecule has 144 valence electrons. The predicted octanol–water partition coefficient (Wildman–Crippen LogP) is 3.64. The molecule has 1 atom stereocenters. The van der Waals surface area contributed by atoms with Crippen molar-refractivity contribution in [2.24, 2.45) is 0 Å². The molecule has 0 saturated carbocycles. The lowest BCUT2D eigenvalue weighted by molar-refractivity contribution is -0.128. The maximum Gasteiger partial charge on any atom is 0.267 e. The Balaban J connectivity index is 1.68. The Labute approximate surface area is 166 Å². The number of hydrogen-bond donors (Lipinski definition) is 0. The molecule has 1 unspecified atom stereocenters. The number of hydrogen-bond acceptors (Lipinski definition) is 4. The van der Waals surface area contributed by atoms with Crippen LogP contribution in [0.4, 0.5) is 4.39 Å². The maximum absolute atomic E-state index is 13.2. The van der Waals surface area contributed by atoms with Crippen LogP contribution >= 0.6 is 11.8 Å². The van der Waals surface area contributed by atoms with Crippen molar-refractivity contribution >= 4 is 27.7 Å². The first kappa shape index (κ1) is 18.8. The Morgan fingerprint density at radius 2 is 1.71 bits per heavy atom. The van der Waals surface area contributed by atoms with E-state index in [0.717, 1.165) is 5.56 Å². The summed E-state index contributed by atoms with van der Waals surface area (Å²) in [6, 6.07) is 17.5. The zero-order chi connectivity index (χ0) is 19.7. The molecule has 1 aliphatic heterocycles. The third-order valence-corrected chi connectivity index (χ3v) is 7.47. The first-order chi connectivity index (χ1) is 13.5. The molecule has 0 N–H and O–H groups in total. The van der Waals surface area contributed by atoms with Crippen LogP contribution in [-0.4, -0.2) is 29.0 Å². The molecular weight excluding hydrogens is 399 g/mol. The molecule has 4 rings (SSSR count). The van der Waals surface area contributed by atoms with Gasteiger partial charge in [-0.05, 0) is 42.0 Å². The van der Waals surface area contributed by atoms with Gasteiger partial charge in [0.15, 0.2) is 0 Å². The molecule has 0 radical (unpaired) electrons. The molecule has 1 saturated heterocycles. The molecule has 1 aliphatic rings. The molecule has 5 nitrogen and oxygen atoms in total. The van der Waals surface area contributed by atoms with E-state index < -0.39 is 15.4 Å². The predicted molar refractivity (Wildman–Crippen MR) is 106 cm³/mol. The second-order valence-electron chi connectivity index (χ2n) is 6.36. The van der Waals surface area contributed by atoms with Gasteiger partial charge in [-0.25, -0.2) is 16.8 Å². The topological polar surface area (TPSA) is 59.4 Å². The summed E-state index contributed by atoms with van der Waals surface area (Å²) in [6.45, 7) is 0.285. The van der Waals surface area contributed by atoms with E-state index in [-0.39, 0.29) is 28.9 Å². The molecule has 1 amide bonds. The fourth-order valence-corrected chi connectivity index (χ4v) is 5.82. The van der Waals surface area contributed by atoms with E-state index in [1.54, 1.807) is 59.5 Å². The number of carbonyl (C=O) groups is 1. The van der Waals surface area contributed by atoms with E-state index in [9.17, 15) is 17.6 Å². The Morgan fingerprint density at radius 1 is 1.00 bits per heavy atom. The third-order valence-electron chi connectivity index (χ3n) is 4.53. The van der Waals surface area contributed by atoms with Gasteiger partial charge in [0.2, 0.25) is 5.91 Å². The number of thioether (sulfide) groups is 1. The lowest BCUT2D eigenvalue weighted by Gasteiger charge is -2.25. The zero-order valence-corrected chi connectivity index (χ0v) is 16.4. The summed E-state index contributed by atoms with van der Waals surface area (Å²) in [7, 11) is -3.77. The summed E-state index contributed by atoms with van der Waals surface area (Å²) in [5.41, 5.74) is 1.30. The fraction of sp³-hybridized carbons (Fsp3) is 0.150. The van der Waals surface area contributed by atoms with Gasteiger partial charge in [-0.1, -0.05) is 30.3 Å². The van der Waals surface area contributed by atoms with E-state index in [0.29, 0.717) is 5.69 Å². The minimum absolute atomic E-state index is 0.0795. The van der Waals surface area contributed by atoms with Crippen molar-refractivity contribution in [3.63, 3.8) is 0 Å². The molecule has 3 aromatic rings. The minimum Gasteiger partial charge on any atom is -0.320 e. The Morgan fingerprint density at radius 3 is 2.43 bits per heavy atom. The first-order valence-electron chi connectivity index (χ1n) is 8.60. The van der Waals surface area contributed by atoms with Crippen LogP contribution in [0, 0.1) is 5.82 Å². The van der Waals surface area contributed by atoms with Crippen molar-refractivity contribution in [3.8, 4) is 0 Å². The summed E-state index contributed by atoms with van der Waals surface area (Å²) in [6.07, 6.45) is 1.50. The van der Waals surface area contributed by atoms with Crippen LogP contribution in [0.2, 0.25) is 0 Å². The zero-order valence-electron chi connectivity index (χ0n) is 14.7. The van der Waals surface area contributed by atoms with Crippen LogP contribution in [-0.2, 0) is 21.4 Å². The van der Waals surface area contributed by atoms with Crippen molar-refractivity contribution in [2.75, 3.05) is 5.75 Å². The van der Waals surface area contributed by atoms with Crippen molar-refractivity contribution < 1.29 is 17.6 Å². The number of aromatic nitrogens is 1. The Kier molecular flexibility index (Phi) is 4.99. The van der Waals surface area contributed by atoms with Crippen LogP contribution in [0.3, 0.4) is 0 Å². The summed E-state index contributed by atoms with van der Waals surface area (Å²) >= 11 is 1.38. The van der Waals surface area contributed by atoms with Gasteiger partial charge >= 0.3 is 0 Å². The van der Waals surface area contributed by atoms with Crippen LogP contribution in [0.5, 0.6) is 0 Å². The molecule has 8 heteroatoms. The number of carbonyl (C=O) groups excluding carboxylic acids is 1. The number of amides is 1. The lowest BCUT2D eigenvalue weighted by Crippen LogP contribution is -2.29. The van der Waals surface area contributed by atoms with E-state index in [4.69, 9.17) is 0 Å². The Bertz CT molecular complexity index is 1100. The van der Waals surface area contributed by atoms with Gasteiger partial charge < -0.3 is 4.90 Å². The van der Waals surface area contributed by atoms with Gasteiger partial charge in [-0.2, -0.15) is 0 Å². The maximum atomic E-state index is 13.2. The van der Waals surface area contributed by atoms with E-state index in [1.807, 2.05) is 0 Å². The summed E-state index contributed by atoms with van der Waals surface area (Å²) in [5.74, 6) is -0.156. The normalized spacial score (nSPS) is 17.2. The standard InChI is InChI=1S/C20H17FN2O3S2/c21-16-10-8-15(9-11-16)13-22-19(24)14-27-20(22)18-7-4-12-23(18)28(25,26)17-5-2-1-3-6-17/h1-12,20H,13-14H2. The number of nitrogens with zero attached hydrogens (tertiary/aromatic N) is 2. The molecule has 1 fully saturated rings. The van der Waals surface area contributed by atoms with Gasteiger partial charge in [0.05, 0.1) is 16.3 Å². The fourth-order valence-electron chi connectivity index (χ4n) is 3.15. The SMILES string of the molecule is O=C1CSC(c2cccn2S(=O)(=O)c2ccccc2)N1Cc1ccc(F)cc1. The average molecular weight is 416 g/mol. The molecule has 28 heavy (non-hydrogen) atoms. The minimum atomic E-state index is -3.77. The molecule has 2 heterocycles. The monoisotopic (exact) mass is 416 g/mol. The van der Waals surface area contributed by atoms with Gasteiger partial charge in [0, 0.05) is 12.7 Å². The lowest BCUT2D eigenvalue weighted by atomic mass is 10.2. The molecule has 2 aromatic carbocycles. The molecule has 1 aromatic heterocycles. The smallest absolute Gasteiger partial charge is 0.267 e. The van der Waals surface area contributed by atoms with Crippen molar-refractivity contribution in [1.29, 1.82) is 0 Å². The van der Waals surface area contributed by atoms with Crippen LogP contribution in [0.25, 0.3) is 0 Å². The third kappa shape index (κ3) is 3.45. The molecular formula is C20H17FN2O3S2. The molecule has 0 spiro atoms. The van der Waals surface area contributed by atoms with Gasteiger partial charge in [0.1, 0.15) is 11.2 Å². The largest absolute Gasteiger partial charge is 0.320 e. The highest BCUT2D eigenvalue weighted by Gasteiger charge is 2.36. The van der Waals surface area contributed by atoms with Crippen LogP contribution in [0.15, 0.2) is 77.8 Å². The van der Waals surface area contributed by atoms with E-state index in [1.165, 1.54) is 34.1 Å². The highest BCUT2D eigenvalue weighted by atomic mass is 32.2. The summed E-state index contributed by atoms with van der Waals surface area (Å²) in [4.78, 5) is 14.3. The quantitative estimate of drug-likeness (QED) is 0.637. The molecule has 0 bridgehead atoms. The van der Waals surface area contributed by atoms with Gasteiger partial charge in [-0.3, -0.25) is 4.79 Å².